The minimum absolute atomic E-state index is 0. The summed E-state index contributed by atoms with van der Waals surface area (Å²) in [7, 11) is 0. The van der Waals surface area contributed by atoms with Crippen molar-refractivity contribution in [3.05, 3.63) is 35.9 Å². The van der Waals surface area contributed by atoms with Crippen molar-refractivity contribution >= 4 is 30.7 Å². The second-order valence-electron chi connectivity index (χ2n) is 6.62. The molecule has 1 amide bonds. The van der Waals surface area contributed by atoms with Crippen LogP contribution < -0.4 is 11.1 Å². The molecule has 0 aromatic heterocycles. The molecule has 0 spiro atoms. The van der Waals surface area contributed by atoms with Gasteiger partial charge in [0.05, 0.1) is 0 Å². The fourth-order valence-electron chi connectivity index (χ4n) is 3.08. The largest absolute Gasteiger partial charge is 0.356 e. The molecule has 4 nitrogen and oxygen atoms in total. The zero-order valence-corrected chi connectivity index (χ0v) is 16.2. The number of hydrogen-bond acceptors (Lipinski definition) is 3. The third-order valence-electron chi connectivity index (χ3n) is 4.50. The number of amides is 1. The molecule has 0 aliphatic carbocycles. The molecule has 0 radical (unpaired) electrons. The molecule has 1 aliphatic heterocycles. The third kappa shape index (κ3) is 7.39. The van der Waals surface area contributed by atoms with Crippen molar-refractivity contribution in [1.29, 1.82) is 0 Å². The molecule has 6 heteroatoms. The number of benzene rings is 1. The highest BCUT2D eigenvalue weighted by atomic mass is 35.5. The van der Waals surface area contributed by atoms with Crippen LogP contribution in [0.15, 0.2) is 30.3 Å². The second kappa shape index (κ2) is 11.7. The van der Waals surface area contributed by atoms with Gasteiger partial charge in [0.25, 0.3) is 0 Å². The van der Waals surface area contributed by atoms with Gasteiger partial charge in [0.2, 0.25) is 5.91 Å². The van der Waals surface area contributed by atoms with Crippen molar-refractivity contribution in [1.82, 2.24) is 10.2 Å². The van der Waals surface area contributed by atoms with Crippen molar-refractivity contribution in [3.8, 4) is 0 Å². The van der Waals surface area contributed by atoms with Crippen LogP contribution in [-0.2, 0) is 4.79 Å². The Hall–Kier alpha value is -0.810. The van der Waals surface area contributed by atoms with E-state index in [0.29, 0.717) is 18.4 Å². The third-order valence-corrected chi connectivity index (χ3v) is 4.50. The zero-order valence-electron chi connectivity index (χ0n) is 14.6. The van der Waals surface area contributed by atoms with Gasteiger partial charge in [-0.25, -0.2) is 0 Å². The van der Waals surface area contributed by atoms with E-state index in [9.17, 15) is 4.79 Å². The maximum Gasteiger partial charge on any atom is 0.221 e. The number of nitrogens with zero attached hydrogens (tertiary/aromatic N) is 1. The molecular formula is C18H31Cl2N3O. The fraction of sp³-hybridized carbons (Fsp3) is 0.611. The Balaban J connectivity index is 0.00000264. The SMILES string of the molecule is CC(C)N1CCCC(CNC(=O)CC(N)c2ccccc2)C1.Cl.Cl. The van der Waals surface area contributed by atoms with Crippen LogP contribution in [0.1, 0.15) is 44.7 Å². The fourth-order valence-corrected chi connectivity index (χ4v) is 3.08. The summed E-state index contributed by atoms with van der Waals surface area (Å²) in [6, 6.07) is 10.2. The average Bonchev–Trinajstić information content (AvgIpc) is 2.54. The van der Waals surface area contributed by atoms with E-state index in [1.54, 1.807) is 0 Å². The van der Waals surface area contributed by atoms with Crippen LogP contribution >= 0.6 is 24.8 Å². The average molecular weight is 376 g/mol. The highest BCUT2D eigenvalue weighted by Gasteiger charge is 2.22. The molecule has 3 N–H and O–H groups in total. The van der Waals surface area contributed by atoms with Gasteiger partial charge in [0.1, 0.15) is 0 Å². The summed E-state index contributed by atoms with van der Waals surface area (Å²) < 4.78 is 0. The number of nitrogens with one attached hydrogen (secondary N) is 1. The lowest BCUT2D eigenvalue weighted by molar-refractivity contribution is -0.121. The van der Waals surface area contributed by atoms with Crippen LogP contribution in [0.25, 0.3) is 0 Å². The van der Waals surface area contributed by atoms with E-state index < -0.39 is 0 Å². The molecule has 1 aromatic carbocycles. The van der Waals surface area contributed by atoms with Crippen molar-refractivity contribution < 1.29 is 4.79 Å². The zero-order chi connectivity index (χ0) is 15.9. The van der Waals surface area contributed by atoms with E-state index in [0.717, 1.165) is 18.7 Å². The Labute approximate surface area is 158 Å². The Morgan fingerprint density at radius 2 is 1.96 bits per heavy atom. The van der Waals surface area contributed by atoms with Gasteiger partial charge >= 0.3 is 0 Å². The van der Waals surface area contributed by atoms with Crippen LogP contribution in [0.3, 0.4) is 0 Å². The normalized spacial score (nSPS) is 19.1. The smallest absolute Gasteiger partial charge is 0.221 e. The van der Waals surface area contributed by atoms with Gasteiger partial charge in [0, 0.05) is 31.6 Å². The number of rotatable bonds is 6. The topological polar surface area (TPSA) is 58.4 Å². The first-order valence-electron chi connectivity index (χ1n) is 8.37. The molecule has 2 unspecified atom stereocenters. The lowest BCUT2D eigenvalue weighted by Crippen LogP contribution is -2.44. The molecule has 1 heterocycles. The number of carbonyl (C=O) groups excluding carboxylic acids is 1. The van der Waals surface area contributed by atoms with Crippen LogP contribution in [0, 0.1) is 5.92 Å². The van der Waals surface area contributed by atoms with E-state index in [1.807, 2.05) is 30.3 Å². The summed E-state index contributed by atoms with van der Waals surface area (Å²) in [6.07, 6.45) is 2.78. The van der Waals surface area contributed by atoms with E-state index in [2.05, 4.69) is 24.1 Å². The Morgan fingerprint density at radius 3 is 2.58 bits per heavy atom. The van der Waals surface area contributed by atoms with E-state index in [-0.39, 0.29) is 36.8 Å². The molecule has 24 heavy (non-hydrogen) atoms. The number of piperidine rings is 1. The second-order valence-corrected chi connectivity index (χ2v) is 6.62. The highest BCUT2D eigenvalue weighted by molar-refractivity contribution is 5.85. The van der Waals surface area contributed by atoms with Crippen LogP contribution in [0.2, 0.25) is 0 Å². The van der Waals surface area contributed by atoms with Gasteiger partial charge in [-0.15, -0.1) is 24.8 Å². The van der Waals surface area contributed by atoms with Gasteiger partial charge in [-0.3, -0.25) is 4.79 Å². The van der Waals surface area contributed by atoms with Crippen LogP contribution in [-0.4, -0.2) is 36.5 Å². The molecule has 2 rings (SSSR count). The predicted molar refractivity (Wildman–Crippen MR) is 105 cm³/mol. The molecule has 1 aliphatic rings. The quantitative estimate of drug-likeness (QED) is 0.802. The molecule has 138 valence electrons. The summed E-state index contributed by atoms with van der Waals surface area (Å²) in [5.41, 5.74) is 7.11. The van der Waals surface area contributed by atoms with Crippen molar-refractivity contribution in [2.24, 2.45) is 11.7 Å². The molecule has 0 bridgehead atoms. The number of carbonyl (C=O) groups is 1. The van der Waals surface area contributed by atoms with Crippen LogP contribution in [0.5, 0.6) is 0 Å². The molecule has 1 fully saturated rings. The summed E-state index contributed by atoms with van der Waals surface area (Å²) >= 11 is 0. The molecule has 2 atom stereocenters. The van der Waals surface area contributed by atoms with Gasteiger partial charge < -0.3 is 16.0 Å². The molecule has 1 saturated heterocycles. The number of likely N-dealkylation sites (tertiary alicyclic amines) is 1. The summed E-state index contributed by atoms with van der Waals surface area (Å²) in [5, 5.41) is 3.07. The minimum atomic E-state index is -0.222. The predicted octanol–water partition coefficient (Wildman–Crippen LogP) is 3.16. The van der Waals surface area contributed by atoms with Crippen molar-refractivity contribution in [2.45, 2.75) is 45.2 Å². The first-order valence-corrected chi connectivity index (χ1v) is 8.37. The summed E-state index contributed by atoms with van der Waals surface area (Å²) in [4.78, 5) is 14.6. The monoisotopic (exact) mass is 375 g/mol. The van der Waals surface area contributed by atoms with Crippen molar-refractivity contribution in [3.63, 3.8) is 0 Å². The number of halogens is 2. The van der Waals surface area contributed by atoms with Gasteiger partial charge in [-0.1, -0.05) is 30.3 Å². The lowest BCUT2D eigenvalue weighted by Gasteiger charge is -2.35. The maximum atomic E-state index is 12.1. The lowest BCUT2D eigenvalue weighted by atomic mass is 9.96. The minimum Gasteiger partial charge on any atom is -0.356 e. The standard InChI is InChI=1S/C18H29N3O.2ClH/c1-14(2)21-10-6-7-15(13-21)12-20-18(22)11-17(19)16-8-4-3-5-9-16;;/h3-5,8-9,14-15,17H,6-7,10-13,19H2,1-2H3,(H,20,22);2*1H. The summed E-state index contributed by atoms with van der Waals surface area (Å²) in [5.74, 6) is 0.617. The Kier molecular flexibility index (Phi) is 11.3. The first-order chi connectivity index (χ1) is 10.6. The molecule has 0 saturated carbocycles. The van der Waals surface area contributed by atoms with E-state index >= 15 is 0 Å². The first kappa shape index (κ1) is 23.2. The maximum absolute atomic E-state index is 12.1. The molecular weight excluding hydrogens is 345 g/mol. The van der Waals surface area contributed by atoms with Gasteiger partial charge in [0.15, 0.2) is 0 Å². The number of nitrogens with two attached hydrogens (primary N) is 1. The highest BCUT2D eigenvalue weighted by Crippen LogP contribution is 2.18. The Morgan fingerprint density at radius 1 is 1.29 bits per heavy atom. The van der Waals surface area contributed by atoms with Gasteiger partial charge in [-0.05, 0) is 44.7 Å². The van der Waals surface area contributed by atoms with Crippen LogP contribution in [0.4, 0.5) is 0 Å². The van der Waals surface area contributed by atoms with Gasteiger partial charge in [-0.2, -0.15) is 0 Å². The van der Waals surface area contributed by atoms with E-state index in [1.165, 1.54) is 19.4 Å². The molecule has 1 aromatic rings. The number of hydrogen-bond donors (Lipinski definition) is 2. The van der Waals surface area contributed by atoms with E-state index in [4.69, 9.17) is 5.73 Å². The Bertz CT molecular complexity index is 471. The van der Waals surface area contributed by atoms with Crippen molar-refractivity contribution in [2.75, 3.05) is 19.6 Å². The summed E-state index contributed by atoms with van der Waals surface area (Å²) in [6.45, 7) is 7.51.